The number of aryl methyl sites for hydroxylation is 1. The van der Waals surface area contributed by atoms with E-state index in [4.69, 9.17) is 4.74 Å². The highest BCUT2D eigenvalue weighted by atomic mass is 19.1. The van der Waals surface area contributed by atoms with Crippen molar-refractivity contribution in [2.24, 2.45) is 0 Å². The number of halogens is 1. The van der Waals surface area contributed by atoms with Crippen LogP contribution >= 0.6 is 0 Å². The summed E-state index contributed by atoms with van der Waals surface area (Å²) in [7, 11) is 0. The van der Waals surface area contributed by atoms with Gasteiger partial charge in [0.25, 0.3) is 0 Å². The Balaban J connectivity index is 2.42. The summed E-state index contributed by atoms with van der Waals surface area (Å²) in [4.78, 5) is 14.2. The lowest BCUT2D eigenvalue weighted by molar-refractivity contribution is -0.140. The average Bonchev–Trinajstić information content (AvgIpc) is 2.58. The second kappa shape index (κ2) is 8.32. The van der Waals surface area contributed by atoms with E-state index < -0.39 is 11.8 Å². The lowest BCUT2D eigenvalue weighted by atomic mass is 9.93. The Labute approximate surface area is 144 Å². The van der Waals surface area contributed by atoms with Crippen LogP contribution in [0, 0.1) is 0 Å². The molecular weight excluding hydrogens is 305 g/mol. The van der Waals surface area contributed by atoms with Gasteiger partial charge in [-0.3, -0.25) is 0 Å². The van der Waals surface area contributed by atoms with Gasteiger partial charge in [0, 0.05) is 23.8 Å². The van der Waals surface area contributed by atoms with Crippen LogP contribution in [0.2, 0.25) is 0 Å². The molecule has 0 radical (unpaired) electrons. The molecule has 2 rings (SSSR count). The average molecular weight is 333 g/mol. The maximum Gasteiger partial charge on any atom is 0.367 e. The summed E-state index contributed by atoms with van der Waals surface area (Å²) in [5, 5.41) is 0. The summed E-state index contributed by atoms with van der Waals surface area (Å²) >= 11 is 0. The molecule has 0 bridgehead atoms. The molecule has 0 spiro atoms. The van der Waals surface area contributed by atoms with E-state index >= 15 is 0 Å². The van der Waals surface area contributed by atoms with Gasteiger partial charge in [0.15, 0.2) is 0 Å². The largest absolute Gasteiger partial charge is 0.461 e. The van der Waals surface area contributed by atoms with Crippen molar-refractivity contribution in [2.45, 2.75) is 59.4 Å². The van der Waals surface area contributed by atoms with Gasteiger partial charge in [0.2, 0.25) is 5.83 Å². The number of benzene rings is 1. The summed E-state index contributed by atoms with van der Waals surface area (Å²) in [5.41, 5.74) is 3.72. The zero-order valence-corrected chi connectivity index (χ0v) is 15.2. The number of nitrogens with zero attached hydrogens (tertiary/aromatic N) is 1. The summed E-state index contributed by atoms with van der Waals surface area (Å²) in [6.07, 6.45) is 3.39. The van der Waals surface area contributed by atoms with E-state index in [1.165, 1.54) is 11.3 Å². The predicted molar refractivity (Wildman–Crippen MR) is 96.8 cm³/mol. The van der Waals surface area contributed by atoms with E-state index in [0.29, 0.717) is 18.0 Å². The summed E-state index contributed by atoms with van der Waals surface area (Å²) in [6, 6.07) is 6.49. The van der Waals surface area contributed by atoms with Gasteiger partial charge in [-0.25, -0.2) is 4.79 Å². The summed E-state index contributed by atoms with van der Waals surface area (Å²) < 4.78 is 19.4. The minimum atomic E-state index is -0.859. The van der Waals surface area contributed by atoms with Gasteiger partial charge in [-0.05, 0) is 63.3 Å². The second-order valence-corrected chi connectivity index (χ2v) is 6.50. The normalized spacial score (nSPS) is 15.2. The van der Waals surface area contributed by atoms with Crippen LogP contribution in [-0.4, -0.2) is 25.2 Å². The molecule has 1 heterocycles. The third-order valence-corrected chi connectivity index (χ3v) is 4.43. The predicted octanol–water partition coefficient (Wildman–Crippen LogP) is 4.89. The van der Waals surface area contributed by atoms with Gasteiger partial charge >= 0.3 is 5.97 Å². The van der Waals surface area contributed by atoms with Crippen molar-refractivity contribution in [2.75, 3.05) is 18.1 Å². The fourth-order valence-electron chi connectivity index (χ4n) is 3.30. The van der Waals surface area contributed by atoms with Crippen LogP contribution in [-0.2, 0) is 16.0 Å². The standard InChI is InChI=1S/C20H28FNO2/c1-5-8-17(19(21)20(23)24-6-2)15-10-11-18-16(13-15)9-7-12-22(18)14(3)4/h10-11,13-14H,5-9,12H2,1-4H3/b19-17+. The molecule has 0 aliphatic carbocycles. The SMILES string of the molecule is CCC/C(=C(\F)C(=O)OCC)c1ccc2c(c1)CCCN2C(C)C. The zero-order valence-electron chi connectivity index (χ0n) is 15.2. The maximum absolute atomic E-state index is 14.6. The Bertz CT molecular complexity index is 622. The van der Waals surface area contributed by atoms with E-state index in [2.05, 4.69) is 24.8 Å². The molecule has 1 aromatic carbocycles. The molecule has 0 unspecified atom stereocenters. The smallest absolute Gasteiger partial charge is 0.367 e. The Morgan fingerprint density at radius 3 is 2.71 bits per heavy atom. The molecule has 1 aliphatic rings. The first kappa shape index (κ1) is 18.5. The van der Waals surface area contributed by atoms with E-state index in [9.17, 15) is 9.18 Å². The number of anilines is 1. The molecule has 24 heavy (non-hydrogen) atoms. The quantitative estimate of drug-likeness (QED) is 0.548. The van der Waals surface area contributed by atoms with Crippen molar-refractivity contribution in [1.82, 2.24) is 0 Å². The fourth-order valence-corrected chi connectivity index (χ4v) is 3.30. The third-order valence-electron chi connectivity index (χ3n) is 4.43. The van der Waals surface area contributed by atoms with Crippen molar-refractivity contribution in [3.05, 3.63) is 35.2 Å². The number of rotatable bonds is 6. The van der Waals surface area contributed by atoms with Crippen molar-refractivity contribution >= 4 is 17.2 Å². The van der Waals surface area contributed by atoms with Crippen LogP contribution in [0.5, 0.6) is 0 Å². The van der Waals surface area contributed by atoms with Crippen LogP contribution in [0.3, 0.4) is 0 Å². The zero-order chi connectivity index (χ0) is 17.7. The van der Waals surface area contributed by atoms with Gasteiger partial charge < -0.3 is 9.64 Å². The monoisotopic (exact) mass is 333 g/mol. The molecule has 4 heteroatoms. The summed E-state index contributed by atoms with van der Waals surface area (Å²) in [5.74, 6) is -1.61. The Hall–Kier alpha value is -1.84. The molecule has 0 aromatic heterocycles. The van der Waals surface area contributed by atoms with Crippen LogP contribution < -0.4 is 4.90 Å². The maximum atomic E-state index is 14.6. The number of fused-ring (bicyclic) bond motifs is 1. The van der Waals surface area contributed by atoms with Crippen LogP contribution in [0.15, 0.2) is 24.0 Å². The van der Waals surface area contributed by atoms with Crippen LogP contribution in [0.1, 0.15) is 58.1 Å². The molecule has 1 aromatic rings. The van der Waals surface area contributed by atoms with Crippen molar-refractivity contribution in [3.63, 3.8) is 0 Å². The van der Waals surface area contributed by atoms with Crippen LogP contribution in [0.25, 0.3) is 5.57 Å². The van der Waals surface area contributed by atoms with E-state index in [0.717, 1.165) is 31.4 Å². The molecule has 3 nitrogen and oxygen atoms in total. The molecule has 0 amide bonds. The van der Waals surface area contributed by atoms with Crippen molar-refractivity contribution in [1.29, 1.82) is 0 Å². The minimum Gasteiger partial charge on any atom is -0.461 e. The van der Waals surface area contributed by atoms with E-state index in [1.54, 1.807) is 6.92 Å². The Morgan fingerprint density at radius 2 is 2.08 bits per heavy atom. The van der Waals surface area contributed by atoms with E-state index in [-0.39, 0.29) is 6.61 Å². The Kier molecular flexibility index (Phi) is 6.41. The van der Waals surface area contributed by atoms with Gasteiger partial charge in [0.1, 0.15) is 0 Å². The first-order chi connectivity index (χ1) is 11.5. The van der Waals surface area contributed by atoms with Crippen LogP contribution in [0.4, 0.5) is 10.1 Å². The van der Waals surface area contributed by atoms with Gasteiger partial charge in [-0.2, -0.15) is 4.39 Å². The first-order valence-electron chi connectivity index (χ1n) is 8.95. The third kappa shape index (κ3) is 3.97. The molecule has 0 atom stereocenters. The molecule has 0 saturated heterocycles. The minimum absolute atomic E-state index is 0.180. The topological polar surface area (TPSA) is 29.5 Å². The second-order valence-electron chi connectivity index (χ2n) is 6.50. The first-order valence-corrected chi connectivity index (χ1v) is 8.95. The molecule has 0 N–H and O–H groups in total. The molecule has 1 aliphatic heterocycles. The highest BCUT2D eigenvalue weighted by Crippen LogP contribution is 2.34. The van der Waals surface area contributed by atoms with Gasteiger partial charge in [-0.1, -0.05) is 19.4 Å². The van der Waals surface area contributed by atoms with Gasteiger partial charge in [-0.15, -0.1) is 0 Å². The number of allylic oxidation sites excluding steroid dienone is 1. The number of carbonyl (C=O) groups is 1. The number of hydrogen-bond donors (Lipinski definition) is 0. The lowest BCUT2D eigenvalue weighted by Crippen LogP contribution is -2.35. The lowest BCUT2D eigenvalue weighted by Gasteiger charge is -2.35. The van der Waals surface area contributed by atoms with E-state index in [1.807, 2.05) is 19.1 Å². The van der Waals surface area contributed by atoms with Crippen molar-refractivity contribution < 1.29 is 13.9 Å². The fraction of sp³-hybridized carbons (Fsp3) is 0.550. The number of esters is 1. The Morgan fingerprint density at radius 1 is 1.33 bits per heavy atom. The molecule has 0 fully saturated rings. The van der Waals surface area contributed by atoms with Crippen molar-refractivity contribution in [3.8, 4) is 0 Å². The summed E-state index contributed by atoms with van der Waals surface area (Å²) in [6.45, 7) is 9.27. The molecule has 132 valence electrons. The highest BCUT2D eigenvalue weighted by molar-refractivity contribution is 5.95. The van der Waals surface area contributed by atoms with Gasteiger partial charge in [0.05, 0.1) is 6.61 Å². The number of ether oxygens (including phenoxy) is 1. The molecule has 0 saturated carbocycles. The highest BCUT2D eigenvalue weighted by Gasteiger charge is 2.22. The number of carbonyl (C=O) groups excluding carboxylic acids is 1. The number of hydrogen-bond acceptors (Lipinski definition) is 3. The molecular formula is C20H28FNO2.